The number of ether oxygens (including phenoxy) is 1. The summed E-state index contributed by atoms with van der Waals surface area (Å²) >= 11 is 1.63. The minimum absolute atomic E-state index is 0.396. The lowest BCUT2D eigenvalue weighted by molar-refractivity contribution is 0.0496. The normalized spacial score (nSPS) is 12.8. The predicted molar refractivity (Wildman–Crippen MR) is 55.3 cm³/mol. The molecule has 0 saturated carbocycles. The highest BCUT2D eigenvalue weighted by Crippen LogP contribution is 2.11. The van der Waals surface area contributed by atoms with Gasteiger partial charge in [0, 0.05) is 24.2 Å². The molecule has 74 valence electrons. The monoisotopic (exact) mass is 201 g/mol. The summed E-state index contributed by atoms with van der Waals surface area (Å²) in [5.74, 6) is 0. The summed E-state index contributed by atoms with van der Waals surface area (Å²) in [6.45, 7) is 3.50. The van der Waals surface area contributed by atoms with Crippen LogP contribution in [-0.4, -0.2) is 31.0 Å². The summed E-state index contributed by atoms with van der Waals surface area (Å²) in [6, 6.07) is 1.98. The molecule has 1 aromatic rings. The van der Waals surface area contributed by atoms with E-state index in [1.54, 1.807) is 11.3 Å². The summed E-state index contributed by atoms with van der Waals surface area (Å²) < 4.78 is 5.08. The molecule has 0 saturated heterocycles. The highest BCUT2D eigenvalue weighted by atomic mass is 32.1. The Balaban J connectivity index is 2.11. The van der Waals surface area contributed by atoms with Gasteiger partial charge in [-0.1, -0.05) is 0 Å². The van der Waals surface area contributed by atoms with E-state index in [1.807, 2.05) is 23.8 Å². The first kappa shape index (κ1) is 10.5. The Morgan fingerprint density at radius 1 is 1.69 bits per heavy atom. The van der Waals surface area contributed by atoms with Gasteiger partial charge in [0.2, 0.25) is 0 Å². The predicted octanol–water partition coefficient (Wildman–Crippen LogP) is 1.56. The van der Waals surface area contributed by atoms with Crippen LogP contribution in [0.1, 0.15) is 6.92 Å². The molecule has 0 aliphatic carbocycles. The van der Waals surface area contributed by atoms with Gasteiger partial charge in [-0.25, -0.2) is 0 Å². The number of rotatable bonds is 6. The van der Waals surface area contributed by atoms with Crippen LogP contribution in [0.4, 0.5) is 5.69 Å². The van der Waals surface area contributed by atoms with Crippen molar-refractivity contribution < 1.29 is 9.84 Å². The largest absolute Gasteiger partial charge is 0.389 e. The van der Waals surface area contributed by atoms with Gasteiger partial charge in [-0.15, -0.1) is 0 Å². The zero-order valence-corrected chi connectivity index (χ0v) is 8.51. The van der Waals surface area contributed by atoms with Gasteiger partial charge in [0.05, 0.1) is 12.7 Å². The number of nitrogens with one attached hydrogen (secondary N) is 1. The molecule has 0 fully saturated rings. The van der Waals surface area contributed by atoms with E-state index in [4.69, 9.17) is 4.74 Å². The maximum atomic E-state index is 9.40. The third-order valence-corrected chi connectivity index (χ3v) is 2.26. The number of hydrogen-bond acceptors (Lipinski definition) is 4. The standard InChI is InChI=1S/C9H15NO2S/c1-2-12-6-9(11)5-10-8-3-4-13-7-8/h3-4,7,9-11H,2,5-6H2,1H3. The molecule has 2 N–H and O–H groups in total. The minimum atomic E-state index is -0.431. The van der Waals surface area contributed by atoms with Gasteiger partial charge in [-0.05, 0) is 18.4 Å². The summed E-state index contributed by atoms with van der Waals surface area (Å²) in [5, 5.41) is 16.5. The van der Waals surface area contributed by atoms with Crippen LogP contribution in [0.15, 0.2) is 16.8 Å². The number of aliphatic hydroxyl groups is 1. The SMILES string of the molecule is CCOCC(O)CNc1ccsc1. The first-order valence-corrected chi connectivity index (χ1v) is 5.29. The fourth-order valence-electron chi connectivity index (χ4n) is 0.914. The Morgan fingerprint density at radius 2 is 2.54 bits per heavy atom. The fraction of sp³-hybridized carbons (Fsp3) is 0.556. The molecule has 0 spiro atoms. The molecule has 0 aliphatic heterocycles. The molecular weight excluding hydrogens is 186 g/mol. The quantitative estimate of drug-likeness (QED) is 0.734. The van der Waals surface area contributed by atoms with Gasteiger partial charge < -0.3 is 15.2 Å². The molecule has 1 unspecified atom stereocenters. The third-order valence-electron chi connectivity index (χ3n) is 1.58. The smallest absolute Gasteiger partial charge is 0.0945 e. The summed E-state index contributed by atoms with van der Waals surface area (Å²) in [6.07, 6.45) is -0.431. The molecule has 4 heteroatoms. The summed E-state index contributed by atoms with van der Waals surface area (Å²) in [4.78, 5) is 0. The molecule has 1 aromatic heterocycles. The van der Waals surface area contributed by atoms with Gasteiger partial charge in [0.1, 0.15) is 0 Å². The molecule has 0 amide bonds. The van der Waals surface area contributed by atoms with E-state index >= 15 is 0 Å². The molecule has 3 nitrogen and oxygen atoms in total. The topological polar surface area (TPSA) is 41.5 Å². The van der Waals surface area contributed by atoms with E-state index < -0.39 is 6.10 Å². The number of thiophene rings is 1. The zero-order chi connectivity index (χ0) is 9.52. The minimum Gasteiger partial charge on any atom is -0.389 e. The molecule has 0 aliphatic rings. The maximum Gasteiger partial charge on any atom is 0.0945 e. The molecule has 1 rings (SSSR count). The summed E-state index contributed by atoms with van der Waals surface area (Å²) in [5.41, 5.74) is 1.06. The lowest BCUT2D eigenvalue weighted by atomic mass is 10.3. The van der Waals surface area contributed by atoms with Crippen LogP contribution >= 0.6 is 11.3 Å². The van der Waals surface area contributed by atoms with Crippen LogP contribution in [0.25, 0.3) is 0 Å². The Labute approximate surface area is 82.4 Å². The highest BCUT2D eigenvalue weighted by molar-refractivity contribution is 7.08. The van der Waals surface area contributed by atoms with Gasteiger partial charge >= 0.3 is 0 Å². The van der Waals surface area contributed by atoms with E-state index in [1.165, 1.54) is 0 Å². The van der Waals surface area contributed by atoms with Gasteiger partial charge in [0.15, 0.2) is 0 Å². The Hall–Kier alpha value is -0.580. The molecule has 0 radical (unpaired) electrons. The second-order valence-electron chi connectivity index (χ2n) is 2.71. The lowest BCUT2D eigenvalue weighted by Gasteiger charge is -2.11. The number of hydrogen-bond donors (Lipinski definition) is 2. The third kappa shape index (κ3) is 4.26. The molecule has 0 bridgehead atoms. The van der Waals surface area contributed by atoms with Gasteiger partial charge in [0.25, 0.3) is 0 Å². The Kier molecular flexibility index (Phi) is 4.82. The van der Waals surface area contributed by atoms with E-state index in [2.05, 4.69) is 5.32 Å². The zero-order valence-electron chi connectivity index (χ0n) is 7.69. The molecule has 1 heterocycles. The average Bonchev–Trinajstić information content (AvgIpc) is 2.64. The second-order valence-corrected chi connectivity index (χ2v) is 3.49. The van der Waals surface area contributed by atoms with Crippen molar-refractivity contribution in [2.24, 2.45) is 0 Å². The maximum absolute atomic E-state index is 9.40. The van der Waals surface area contributed by atoms with E-state index in [0.717, 1.165) is 5.69 Å². The van der Waals surface area contributed by atoms with Crippen LogP contribution in [0.3, 0.4) is 0 Å². The van der Waals surface area contributed by atoms with E-state index in [-0.39, 0.29) is 0 Å². The van der Waals surface area contributed by atoms with Crippen molar-refractivity contribution in [3.63, 3.8) is 0 Å². The molecule has 13 heavy (non-hydrogen) atoms. The van der Waals surface area contributed by atoms with Crippen LogP contribution < -0.4 is 5.32 Å². The van der Waals surface area contributed by atoms with Crippen LogP contribution in [0.5, 0.6) is 0 Å². The summed E-state index contributed by atoms with van der Waals surface area (Å²) in [7, 11) is 0. The van der Waals surface area contributed by atoms with Crippen molar-refractivity contribution in [2.45, 2.75) is 13.0 Å². The average molecular weight is 201 g/mol. The number of aliphatic hydroxyl groups excluding tert-OH is 1. The van der Waals surface area contributed by atoms with Crippen molar-refractivity contribution in [2.75, 3.05) is 25.1 Å². The molecule has 0 aromatic carbocycles. The van der Waals surface area contributed by atoms with Crippen LogP contribution in [0.2, 0.25) is 0 Å². The second kappa shape index (κ2) is 5.96. The van der Waals surface area contributed by atoms with Crippen molar-refractivity contribution >= 4 is 17.0 Å². The van der Waals surface area contributed by atoms with Crippen molar-refractivity contribution in [3.05, 3.63) is 16.8 Å². The fourth-order valence-corrected chi connectivity index (χ4v) is 1.53. The van der Waals surface area contributed by atoms with Crippen molar-refractivity contribution in [3.8, 4) is 0 Å². The van der Waals surface area contributed by atoms with E-state index in [0.29, 0.717) is 19.8 Å². The van der Waals surface area contributed by atoms with Crippen molar-refractivity contribution in [1.82, 2.24) is 0 Å². The van der Waals surface area contributed by atoms with Crippen LogP contribution in [0, 0.1) is 0 Å². The van der Waals surface area contributed by atoms with Crippen LogP contribution in [-0.2, 0) is 4.74 Å². The first-order chi connectivity index (χ1) is 6.33. The molecular formula is C9H15NO2S. The number of anilines is 1. The van der Waals surface area contributed by atoms with Crippen molar-refractivity contribution in [1.29, 1.82) is 0 Å². The highest BCUT2D eigenvalue weighted by Gasteiger charge is 2.02. The Morgan fingerprint density at radius 3 is 3.15 bits per heavy atom. The lowest BCUT2D eigenvalue weighted by Crippen LogP contribution is -2.24. The van der Waals surface area contributed by atoms with E-state index in [9.17, 15) is 5.11 Å². The van der Waals surface area contributed by atoms with Gasteiger partial charge in [-0.2, -0.15) is 11.3 Å². The van der Waals surface area contributed by atoms with Gasteiger partial charge in [-0.3, -0.25) is 0 Å². The first-order valence-electron chi connectivity index (χ1n) is 4.34. The Bertz CT molecular complexity index is 213. The molecule has 1 atom stereocenters.